The van der Waals surface area contributed by atoms with E-state index in [0.717, 1.165) is 41.5 Å². The third-order valence-electron chi connectivity index (χ3n) is 4.59. The molecular weight excluding hydrogens is 322 g/mol. The van der Waals surface area contributed by atoms with Gasteiger partial charge in [-0.15, -0.1) is 0 Å². The average Bonchev–Trinajstić information content (AvgIpc) is 3.20. The molecule has 0 amide bonds. The number of likely N-dealkylation sites (tertiary alicyclic amines) is 1. The largest absolute Gasteiger partial charge is 0.298 e. The summed E-state index contributed by atoms with van der Waals surface area (Å²) in [6, 6.07) is 11.8. The zero-order valence-corrected chi connectivity index (χ0v) is 13.6. The van der Waals surface area contributed by atoms with Crippen LogP contribution in [0.2, 0.25) is 0 Å². The molecule has 2 aromatic heterocycles. The Kier molecular flexibility index (Phi) is 4.28. The topological polar surface area (TPSA) is 33.4 Å². The predicted molar refractivity (Wildman–Crippen MR) is 92.1 cm³/mol. The number of nitrogens with zero attached hydrogens (tertiary/aromatic N) is 4. The summed E-state index contributed by atoms with van der Waals surface area (Å²) >= 11 is 0. The fourth-order valence-corrected chi connectivity index (χ4v) is 3.45. The van der Waals surface area contributed by atoms with E-state index in [0.29, 0.717) is 13.1 Å². The summed E-state index contributed by atoms with van der Waals surface area (Å²) in [5, 5.41) is 4.69. The first kappa shape index (κ1) is 15.9. The normalized spacial score (nSPS) is 17.9. The van der Waals surface area contributed by atoms with Crippen LogP contribution < -0.4 is 0 Å². The van der Waals surface area contributed by atoms with Gasteiger partial charge in [0.2, 0.25) is 0 Å². The first-order chi connectivity index (χ1) is 12.2. The molecule has 1 aliphatic rings. The van der Waals surface area contributed by atoms with E-state index in [9.17, 15) is 8.78 Å². The second-order valence-electron chi connectivity index (χ2n) is 6.32. The van der Waals surface area contributed by atoms with Gasteiger partial charge in [-0.2, -0.15) is 13.9 Å². The van der Waals surface area contributed by atoms with Gasteiger partial charge in [0, 0.05) is 36.6 Å². The van der Waals surface area contributed by atoms with Gasteiger partial charge in [0.25, 0.3) is 6.08 Å². The lowest BCUT2D eigenvalue weighted by Crippen LogP contribution is -2.20. The van der Waals surface area contributed by atoms with Crippen molar-refractivity contribution in [3.8, 4) is 11.3 Å². The molecule has 1 unspecified atom stereocenters. The van der Waals surface area contributed by atoms with Gasteiger partial charge in [-0.25, -0.2) is 9.50 Å². The van der Waals surface area contributed by atoms with E-state index in [2.05, 4.69) is 15.0 Å². The van der Waals surface area contributed by atoms with Crippen molar-refractivity contribution in [1.29, 1.82) is 0 Å². The molecule has 25 heavy (non-hydrogen) atoms. The van der Waals surface area contributed by atoms with Crippen molar-refractivity contribution in [2.24, 2.45) is 5.92 Å². The van der Waals surface area contributed by atoms with Crippen molar-refractivity contribution < 1.29 is 8.78 Å². The minimum Gasteiger partial charge on any atom is -0.298 e. The molecule has 4 nitrogen and oxygen atoms in total. The lowest BCUT2D eigenvalue weighted by Gasteiger charge is -2.15. The number of rotatable bonds is 4. The SMILES string of the molecule is FC(F)=CC1CCN(Cc2c(-c3ccccc3)nn3cccnc23)C1. The molecule has 0 saturated carbocycles. The van der Waals surface area contributed by atoms with Gasteiger partial charge in [-0.1, -0.05) is 30.3 Å². The zero-order chi connectivity index (χ0) is 17.2. The summed E-state index contributed by atoms with van der Waals surface area (Å²) < 4.78 is 26.8. The van der Waals surface area contributed by atoms with Crippen LogP contribution in [0.4, 0.5) is 8.78 Å². The molecule has 3 aromatic rings. The van der Waals surface area contributed by atoms with Crippen LogP contribution in [-0.2, 0) is 6.54 Å². The van der Waals surface area contributed by atoms with E-state index < -0.39 is 6.08 Å². The van der Waals surface area contributed by atoms with Crippen LogP contribution in [0.15, 0.2) is 60.9 Å². The Morgan fingerprint density at radius 2 is 2.04 bits per heavy atom. The highest BCUT2D eigenvalue weighted by Gasteiger charge is 2.25. The Balaban J connectivity index is 1.68. The van der Waals surface area contributed by atoms with Gasteiger partial charge in [0.1, 0.15) is 0 Å². The highest BCUT2D eigenvalue weighted by Crippen LogP contribution is 2.29. The molecule has 0 radical (unpaired) electrons. The van der Waals surface area contributed by atoms with Crippen molar-refractivity contribution >= 4 is 5.65 Å². The summed E-state index contributed by atoms with van der Waals surface area (Å²) in [6.45, 7) is 2.09. The van der Waals surface area contributed by atoms with Crippen molar-refractivity contribution in [2.45, 2.75) is 13.0 Å². The van der Waals surface area contributed by atoms with E-state index in [1.165, 1.54) is 0 Å². The van der Waals surface area contributed by atoms with Crippen LogP contribution in [-0.4, -0.2) is 32.6 Å². The molecule has 0 bridgehead atoms. The number of halogens is 2. The Labute approximate surface area is 144 Å². The van der Waals surface area contributed by atoms with Crippen molar-refractivity contribution in [2.75, 3.05) is 13.1 Å². The molecule has 0 N–H and O–H groups in total. The minimum atomic E-state index is -1.59. The summed E-state index contributed by atoms with van der Waals surface area (Å²) in [6.07, 6.45) is 3.88. The lowest BCUT2D eigenvalue weighted by molar-refractivity contribution is 0.323. The average molecular weight is 340 g/mol. The van der Waals surface area contributed by atoms with Gasteiger partial charge in [0.05, 0.1) is 5.69 Å². The monoisotopic (exact) mass is 340 g/mol. The Morgan fingerprint density at radius 3 is 2.84 bits per heavy atom. The molecular formula is C19H18F2N4. The Morgan fingerprint density at radius 1 is 1.20 bits per heavy atom. The molecule has 1 aliphatic heterocycles. The Hall–Kier alpha value is -2.60. The van der Waals surface area contributed by atoms with Gasteiger partial charge in [-0.3, -0.25) is 4.90 Å². The van der Waals surface area contributed by atoms with E-state index in [-0.39, 0.29) is 5.92 Å². The quantitative estimate of drug-likeness (QED) is 0.720. The molecule has 4 rings (SSSR count). The van der Waals surface area contributed by atoms with Gasteiger partial charge in [-0.05, 0) is 31.0 Å². The van der Waals surface area contributed by atoms with Gasteiger partial charge in [0.15, 0.2) is 5.65 Å². The summed E-state index contributed by atoms with van der Waals surface area (Å²) in [7, 11) is 0. The number of hydrogen-bond acceptors (Lipinski definition) is 3. The summed E-state index contributed by atoms with van der Waals surface area (Å²) in [5.41, 5.74) is 3.79. The number of benzene rings is 1. The molecule has 1 fully saturated rings. The van der Waals surface area contributed by atoms with E-state index in [1.54, 1.807) is 10.7 Å². The third kappa shape index (κ3) is 3.30. The maximum atomic E-state index is 12.5. The number of hydrogen-bond donors (Lipinski definition) is 0. The minimum absolute atomic E-state index is 0.0834. The van der Waals surface area contributed by atoms with Gasteiger partial charge < -0.3 is 0 Å². The van der Waals surface area contributed by atoms with Gasteiger partial charge >= 0.3 is 0 Å². The molecule has 1 atom stereocenters. The zero-order valence-electron chi connectivity index (χ0n) is 13.6. The van der Waals surface area contributed by atoms with Crippen LogP contribution in [0.3, 0.4) is 0 Å². The van der Waals surface area contributed by atoms with Crippen molar-refractivity contribution in [3.05, 3.63) is 66.5 Å². The van der Waals surface area contributed by atoms with Crippen molar-refractivity contribution in [3.63, 3.8) is 0 Å². The van der Waals surface area contributed by atoms with Crippen LogP contribution in [0, 0.1) is 5.92 Å². The maximum Gasteiger partial charge on any atom is 0.266 e. The van der Waals surface area contributed by atoms with Crippen LogP contribution in [0.1, 0.15) is 12.0 Å². The highest BCUT2D eigenvalue weighted by molar-refractivity contribution is 5.70. The fourth-order valence-electron chi connectivity index (χ4n) is 3.45. The van der Waals surface area contributed by atoms with Crippen LogP contribution in [0.5, 0.6) is 0 Å². The third-order valence-corrected chi connectivity index (χ3v) is 4.59. The standard InChI is InChI=1S/C19H18F2N4/c20-17(21)11-14-7-10-24(12-14)13-16-18(15-5-2-1-3-6-15)23-25-9-4-8-22-19(16)25/h1-6,8-9,11,14H,7,10,12-13H2. The smallest absolute Gasteiger partial charge is 0.266 e. The lowest BCUT2D eigenvalue weighted by atomic mass is 10.1. The fraction of sp³-hybridized carbons (Fsp3) is 0.263. The summed E-state index contributed by atoms with van der Waals surface area (Å²) in [5.74, 6) is -0.0834. The molecule has 1 saturated heterocycles. The van der Waals surface area contributed by atoms with Crippen molar-refractivity contribution in [1.82, 2.24) is 19.5 Å². The first-order valence-corrected chi connectivity index (χ1v) is 8.33. The molecule has 0 aliphatic carbocycles. The summed E-state index contributed by atoms with van der Waals surface area (Å²) in [4.78, 5) is 6.68. The van der Waals surface area contributed by atoms with E-state index in [4.69, 9.17) is 0 Å². The molecule has 128 valence electrons. The molecule has 1 aromatic carbocycles. The number of fused-ring (bicyclic) bond motifs is 1. The predicted octanol–water partition coefficient (Wildman–Crippen LogP) is 4.00. The second kappa shape index (κ2) is 6.72. The van der Waals surface area contributed by atoms with E-state index in [1.807, 2.05) is 42.6 Å². The Bertz CT molecular complexity index is 900. The molecule has 6 heteroatoms. The first-order valence-electron chi connectivity index (χ1n) is 8.33. The molecule has 0 spiro atoms. The van der Waals surface area contributed by atoms with Crippen LogP contribution in [0.25, 0.3) is 16.9 Å². The second-order valence-corrected chi connectivity index (χ2v) is 6.32. The number of aromatic nitrogens is 3. The highest BCUT2D eigenvalue weighted by atomic mass is 19.3. The maximum absolute atomic E-state index is 12.5. The molecule has 3 heterocycles. The van der Waals surface area contributed by atoms with E-state index >= 15 is 0 Å². The van der Waals surface area contributed by atoms with Crippen LogP contribution >= 0.6 is 0 Å².